The fourth-order valence-corrected chi connectivity index (χ4v) is 4.35. The average molecular weight is 373 g/mol. The maximum atomic E-state index is 12.0. The van der Waals surface area contributed by atoms with Gasteiger partial charge < -0.3 is 10.6 Å². The first kappa shape index (κ1) is 18.3. The molecule has 0 bridgehead atoms. The van der Waals surface area contributed by atoms with Gasteiger partial charge in [-0.15, -0.1) is 35.1 Å². The fraction of sp³-hybridized carbons (Fsp3) is 0.533. The van der Waals surface area contributed by atoms with Crippen molar-refractivity contribution in [3.05, 3.63) is 16.1 Å². The number of rotatable bonds is 5. The van der Waals surface area contributed by atoms with E-state index >= 15 is 0 Å². The SMILES string of the molecule is Cc1nc(C)c(-c2csc(NC(=O)CCC3CCNC3)n2)s1.Cl. The molecule has 2 aromatic rings. The van der Waals surface area contributed by atoms with Crippen LogP contribution in [0.25, 0.3) is 10.6 Å². The Kier molecular flexibility index (Phi) is 6.52. The molecular weight excluding hydrogens is 352 g/mol. The van der Waals surface area contributed by atoms with Crippen LogP contribution >= 0.6 is 35.1 Å². The van der Waals surface area contributed by atoms with Crippen LogP contribution in [0.1, 0.15) is 30.0 Å². The number of aromatic nitrogens is 2. The van der Waals surface area contributed by atoms with E-state index in [1.165, 1.54) is 17.8 Å². The number of hydrogen-bond acceptors (Lipinski definition) is 6. The lowest BCUT2D eigenvalue weighted by Crippen LogP contribution is -2.14. The quantitative estimate of drug-likeness (QED) is 0.840. The van der Waals surface area contributed by atoms with E-state index in [0.29, 0.717) is 17.5 Å². The number of aryl methyl sites for hydroxylation is 2. The van der Waals surface area contributed by atoms with Crippen molar-refractivity contribution in [1.82, 2.24) is 15.3 Å². The van der Waals surface area contributed by atoms with Gasteiger partial charge in [-0.05, 0) is 45.7 Å². The molecule has 1 atom stereocenters. The van der Waals surface area contributed by atoms with Crippen LogP contribution < -0.4 is 10.6 Å². The molecule has 3 heterocycles. The first-order valence-corrected chi connectivity index (χ1v) is 9.22. The van der Waals surface area contributed by atoms with Gasteiger partial charge in [0.2, 0.25) is 5.91 Å². The van der Waals surface area contributed by atoms with E-state index in [0.717, 1.165) is 40.8 Å². The molecule has 8 heteroatoms. The summed E-state index contributed by atoms with van der Waals surface area (Å²) >= 11 is 3.11. The number of halogens is 1. The summed E-state index contributed by atoms with van der Waals surface area (Å²) in [5.41, 5.74) is 1.91. The Morgan fingerprint density at radius 2 is 2.26 bits per heavy atom. The molecule has 0 radical (unpaired) electrons. The van der Waals surface area contributed by atoms with E-state index in [4.69, 9.17) is 0 Å². The Morgan fingerprint density at radius 1 is 1.43 bits per heavy atom. The number of carbonyl (C=O) groups excluding carboxylic acids is 1. The van der Waals surface area contributed by atoms with Gasteiger partial charge in [0.25, 0.3) is 0 Å². The third-order valence-corrected chi connectivity index (χ3v) is 5.68. The molecular formula is C15H21ClN4OS2. The molecule has 2 aromatic heterocycles. The van der Waals surface area contributed by atoms with E-state index in [2.05, 4.69) is 20.6 Å². The lowest BCUT2D eigenvalue weighted by atomic mass is 10.0. The van der Waals surface area contributed by atoms with Crippen LogP contribution in [0, 0.1) is 19.8 Å². The maximum absolute atomic E-state index is 12.0. The van der Waals surface area contributed by atoms with Crippen molar-refractivity contribution in [3.8, 4) is 10.6 Å². The van der Waals surface area contributed by atoms with Gasteiger partial charge in [0.15, 0.2) is 5.13 Å². The van der Waals surface area contributed by atoms with Crippen molar-refractivity contribution in [2.75, 3.05) is 18.4 Å². The van der Waals surface area contributed by atoms with E-state index in [-0.39, 0.29) is 18.3 Å². The molecule has 3 rings (SSSR count). The molecule has 1 amide bonds. The number of thiazole rings is 2. The van der Waals surface area contributed by atoms with Gasteiger partial charge in [0.05, 0.1) is 21.3 Å². The van der Waals surface area contributed by atoms with E-state index in [1.807, 2.05) is 19.2 Å². The van der Waals surface area contributed by atoms with E-state index < -0.39 is 0 Å². The highest BCUT2D eigenvalue weighted by Crippen LogP contribution is 2.32. The topological polar surface area (TPSA) is 66.9 Å². The van der Waals surface area contributed by atoms with Crippen LogP contribution in [-0.2, 0) is 4.79 Å². The van der Waals surface area contributed by atoms with Crippen molar-refractivity contribution < 1.29 is 4.79 Å². The Bertz CT molecular complexity index is 664. The molecule has 1 fully saturated rings. The molecule has 126 valence electrons. The average Bonchev–Trinajstić information content (AvgIpc) is 3.18. The minimum Gasteiger partial charge on any atom is -0.316 e. The standard InChI is InChI=1S/C15H20N4OS2.ClH/c1-9-14(22-10(2)17-9)12-8-21-15(18-12)19-13(20)4-3-11-5-6-16-7-11;/h8,11,16H,3-7H2,1-2H3,(H,18,19,20);1H. The number of anilines is 1. The number of nitrogens with one attached hydrogen (secondary N) is 2. The molecule has 0 saturated carbocycles. The van der Waals surface area contributed by atoms with Crippen molar-refractivity contribution in [2.45, 2.75) is 33.1 Å². The molecule has 5 nitrogen and oxygen atoms in total. The summed E-state index contributed by atoms with van der Waals surface area (Å²) in [6.07, 6.45) is 2.70. The molecule has 2 N–H and O–H groups in total. The minimum atomic E-state index is 0. The molecule has 0 spiro atoms. The number of carbonyl (C=O) groups is 1. The van der Waals surface area contributed by atoms with Crippen LogP contribution in [0.3, 0.4) is 0 Å². The highest BCUT2D eigenvalue weighted by Gasteiger charge is 2.17. The summed E-state index contributed by atoms with van der Waals surface area (Å²) in [7, 11) is 0. The largest absolute Gasteiger partial charge is 0.316 e. The molecule has 1 saturated heterocycles. The van der Waals surface area contributed by atoms with Crippen LogP contribution in [0.2, 0.25) is 0 Å². The van der Waals surface area contributed by atoms with Crippen LogP contribution in [-0.4, -0.2) is 29.0 Å². The van der Waals surface area contributed by atoms with Gasteiger partial charge in [-0.2, -0.15) is 0 Å². The first-order chi connectivity index (χ1) is 10.6. The predicted octanol–water partition coefficient (Wildman–Crippen LogP) is 3.63. The molecule has 1 aliphatic rings. The summed E-state index contributed by atoms with van der Waals surface area (Å²) in [6, 6.07) is 0. The molecule has 1 aliphatic heterocycles. The third kappa shape index (κ3) is 4.73. The predicted molar refractivity (Wildman–Crippen MR) is 98.8 cm³/mol. The zero-order valence-electron chi connectivity index (χ0n) is 13.2. The zero-order valence-corrected chi connectivity index (χ0v) is 15.7. The second-order valence-electron chi connectivity index (χ2n) is 5.63. The number of hydrogen-bond donors (Lipinski definition) is 2. The summed E-state index contributed by atoms with van der Waals surface area (Å²) < 4.78 is 0. The van der Waals surface area contributed by atoms with Crippen molar-refractivity contribution in [1.29, 1.82) is 0 Å². The monoisotopic (exact) mass is 372 g/mol. The second kappa shape index (κ2) is 8.19. The third-order valence-electron chi connectivity index (χ3n) is 3.83. The highest BCUT2D eigenvalue weighted by atomic mass is 35.5. The van der Waals surface area contributed by atoms with E-state index in [1.54, 1.807) is 11.3 Å². The van der Waals surface area contributed by atoms with Crippen molar-refractivity contribution in [3.63, 3.8) is 0 Å². The van der Waals surface area contributed by atoms with Gasteiger partial charge in [-0.3, -0.25) is 4.79 Å². The molecule has 0 aromatic carbocycles. The van der Waals surface area contributed by atoms with Gasteiger partial charge in [-0.1, -0.05) is 0 Å². The summed E-state index contributed by atoms with van der Waals surface area (Å²) in [6.45, 7) is 6.11. The summed E-state index contributed by atoms with van der Waals surface area (Å²) in [5, 5.41) is 9.94. The Labute approximate surface area is 150 Å². The molecule has 0 aliphatic carbocycles. The van der Waals surface area contributed by atoms with Crippen molar-refractivity contribution >= 4 is 46.1 Å². The summed E-state index contributed by atoms with van der Waals surface area (Å²) in [5.74, 6) is 0.699. The normalized spacial score (nSPS) is 17.0. The van der Waals surface area contributed by atoms with Gasteiger partial charge >= 0.3 is 0 Å². The number of amides is 1. The Morgan fingerprint density at radius 3 is 2.91 bits per heavy atom. The van der Waals surface area contributed by atoms with Gasteiger partial charge in [-0.25, -0.2) is 9.97 Å². The minimum absolute atomic E-state index is 0. The van der Waals surface area contributed by atoms with E-state index in [9.17, 15) is 4.79 Å². The van der Waals surface area contributed by atoms with Crippen LogP contribution in [0.15, 0.2) is 5.38 Å². The lowest BCUT2D eigenvalue weighted by molar-refractivity contribution is -0.116. The summed E-state index contributed by atoms with van der Waals surface area (Å²) in [4.78, 5) is 22.0. The highest BCUT2D eigenvalue weighted by molar-refractivity contribution is 7.16. The smallest absolute Gasteiger partial charge is 0.226 e. The maximum Gasteiger partial charge on any atom is 0.226 e. The second-order valence-corrected chi connectivity index (χ2v) is 7.69. The fourth-order valence-electron chi connectivity index (χ4n) is 2.68. The molecule has 23 heavy (non-hydrogen) atoms. The lowest BCUT2D eigenvalue weighted by Gasteiger charge is -2.06. The zero-order chi connectivity index (χ0) is 15.5. The van der Waals surface area contributed by atoms with Gasteiger partial charge in [0, 0.05) is 11.8 Å². The Balaban J connectivity index is 0.00000192. The van der Waals surface area contributed by atoms with Gasteiger partial charge in [0.1, 0.15) is 0 Å². The number of nitrogens with zero attached hydrogens (tertiary/aromatic N) is 2. The van der Waals surface area contributed by atoms with Crippen molar-refractivity contribution in [2.24, 2.45) is 5.92 Å². The Hall–Kier alpha value is -1.02. The van der Waals surface area contributed by atoms with Crippen LogP contribution in [0.4, 0.5) is 5.13 Å². The first-order valence-electron chi connectivity index (χ1n) is 7.52. The van der Waals surface area contributed by atoms with Crippen LogP contribution in [0.5, 0.6) is 0 Å². The molecule has 1 unspecified atom stereocenters.